The number of hydrogen-bond donors (Lipinski definition) is 0. The number of alkyl halides is 3. The summed E-state index contributed by atoms with van der Waals surface area (Å²) in [5, 5.41) is 0. The number of halogens is 3. The van der Waals surface area contributed by atoms with E-state index in [1.807, 2.05) is 0 Å². The van der Waals surface area contributed by atoms with Gasteiger partial charge in [0.1, 0.15) is 0 Å². The van der Waals surface area contributed by atoms with Gasteiger partial charge in [-0.2, -0.15) is 13.2 Å². The van der Waals surface area contributed by atoms with E-state index >= 15 is 0 Å². The maximum atomic E-state index is 10.7. The first kappa shape index (κ1) is 22.3. The van der Waals surface area contributed by atoms with Gasteiger partial charge in [0.2, 0.25) is 0 Å². The average molecular weight is 498 g/mol. The van der Waals surface area contributed by atoms with Gasteiger partial charge in [0.15, 0.2) is 10.1 Å². The Morgan fingerprint density at radius 2 is 1.28 bits per heavy atom. The molecule has 0 fully saturated rings. The zero-order valence-corrected chi connectivity index (χ0v) is 18.5. The van der Waals surface area contributed by atoms with Crippen LogP contribution in [0.15, 0.2) is 60.7 Å². The Morgan fingerprint density at radius 3 is 1.64 bits per heavy atom. The first-order valence-electron chi connectivity index (χ1n) is 7.08. The van der Waals surface area contributed by atoms with Crippen molar-refractivity contribution in [3.63, 3.8) is 0 Å². The van der Waals surface area contributed by atoms with Crippen LogP contribution in [0.5, 0.6) is 0 Å². The molecule has 0 aliphatic heterocycles. The van der Waals surface area contributed by atoms with Crippen molar-refractivity contribution in [3.8, 4) is 0 Å². The maximum absolute atomic E-state index is 10.7. The summed E-state index contributed by atoms with van der Waals surface area (Å²) in [5.74, 6) is 0. The second-order valence-corrected chi connectivity index (χ2v) is 34.5. The summed E-state index contributed by atoms with van der Waals surface area (Å²) in [4.78, 5) is 0. The van der Waals surface area contributed by atoms with Crippen molar-refractivity contribution < 1.29 is 26.1 Å². The largest absolute Gasteiger partial charge is 0.741 e. The molecule has 2 aromatic carbocycles. The molecule has 0 aliphatic carbocycles. The van der Waals surface area contributed by atoms with Crippen LogP contribution in [0, 0.1) is 0 Å². The van der Waals surface area contributed by atoms with Crippen LogP contribution >= 0.6 is 0 Å². The van der Waals surface area contributed by atoms with E-state index in [1.54, 1.807) is 8.70 Å². The van der Waals surface area contributed by atoms with E-state index in [2.05, 4.69) is 77.8 Å². The Bertz CT molecular complexity index is 764. The van der Waals surface area contributed by atoms with Crippen molar-refractivity contribution >= 4 is 42.9 Å². The van der Waals surface area contributed by atoms with Crippen molar-refractivity contribution in [2.75, 3.05) is 0 Å². The van der Waals surface area contributed by atoms with E-state index in [9.17, 15) is 13.2 Å². The molecule has 1 unspecified atom stereocenters. The molecule has 9 heteroatoms. The molecule has 2 aromatic rings. The van der Waals surface area contributed by atoms with Crippen LogP contribution in [0.2, 0.25) is 17.1 Å². The molecular weight excluding hydrogens is 479 g/mol. The van der Waals surface area contributed by atoms with E-state index in [4.69, 9.17) is 13.0 Å². The minimum atomic E-state index is -6.09. The van der Waals surface area contributed by atoms with Crippen LogP contribution in [-0.2, 0) is 10.1 Å². The van der Waals surface area contributed by atoms with Crippen molar-refractivity contribution in [1.29, 1.82) is 0 Å². The normalized spacial score (nSPS) is 13.6. The summed E-state index contributed by atoms with van der Waals surface area (Å²) >= 11 is -2.55. The molecule has 25 heavy (non-hydrogen) atoms. The molecule has 3 nitrogen and oxygen atoms in total. The van der Waals surface area contributed by atoms with Gasteiger partial charge in [-0.15, -0.1) is 0 Å². The van der Waals surface area contributed by atoms with Gasteiger partial charge in [0.05, 0.1) is 0 Å². The fourth-order valence-corrected chi connectivity index (χ4v) is 20.0. The quantitative estimate of drug-likeness (QED) is 0.372. The Hall–Kier alpha value is -0.743. The molecule has 0 saturated heterocycles. The predicted octanol–water partition coefficient (Wildman–Crippen LogP) is 2.76. The number of benzene rings is 2. The standard InChI is InChI=1S/C15H19As2.CHF3O3S/c1-16(14-10-6-4-7-11-14)17(2,3)15-12-8-5-9-13-15;2-1(3,4)8(5,6)7/h4-13H,1-3H3;(H,5,6,7)/q+1;/p-1. The van der Waals surface area contributed by atoms with E-state index < -0.39 is 39.7 Å². The van der Waals surface area contributed by atoms with Gasteiger partial charge in [-0.25, -0.2) is 8.42 Å². The van der Waals surface area contributed by atoms with Gasteiger partial charge in [-0.1, -0.05) is 0 Å². The van der Waals surface area contributed by atoms with Crippen molar-refractivity contribution in [2.24, 2.45) is 0 Å². The van der Waals surface area contributed by atoms with Gasteiger partial charge >= 0.3 is 116 Å². The van der Waals surface area contributed by atoms with Gasteiger partial charge in [0, 0.05) is 0 Å². The smallest absolute Gasteiger partial charge is 0.485 e. The van der Waals surface area contributed by atoms with Crippen molar-refractivity contribution in [3.05, 3.63) is 60.7 Å². The summed E-state index contributed by atoms with van der Waals surface area (Å²) in [6, 6.07) is 22.3. The van der Waals surface area contributed by atoms with Gasteiger partial charge in [-0.3, -0.25) is 0 Å². The van der Waals surface area contributed by atoms with Crippen molar-refractivity contribution in [1.82, 2.24) is 0 Å². The van der Waals surface area contributed by atoms with Crippen molar-refractivity contribution in [2.45, 2.75) is 22.6 Å². The summed E-state index contributed by atoms with van der Waals surface area (Å²) in [7, 11) is -6.09. The van der Waals surface area contributed by atoms with Crippen LogP contribution in [-0.4, -0.2) is 42.5 Å². The molecule has 0 saturated carbocycles. The molecule has 0 spiro atoms. The monoisotopic (exact) mass is 498 g/mol. The zero-order valence-electron chi connectivity index (χ0n) is 13.9. The molecule has 0 heterocycles. The number of hydrogen-bond acceptors (Lipinski definition) is 3. The molecule has 0 radical (unpaired) electrons. The maximum Gasteiger partial charge on any atom is 0.485 e. The minimum Gasteiger partial charge on any atom is -0.741 e. The van der Waals surface area contributed by atoms with Gasteiger partial charge in [-0.05, 0) is 0 Å². The van der Waals surface area contributed by atoms with Crippen LogP contribution in [0.1, 0.15) is 0 Å². The molecule has 138 valence electrons. The zero-order chi connectivity index (χ0) is 19.3. The van der Waals surface area contributed by atoms with E-state index in [1.165, 1.54) is 0 Å². The van der Waals surface area contributed by atoms with Gasteiger partial charge < -0.3 is 4.55 Å². The Kier molecular flexibility index (Phi) is 7.82. The second kappa shape index (κ2) is 8.76. The van der Waals surface area contributed by atoms with Crippen LogP contribution < -0.4 is 8.70 Å². The summed E-state index contributed by atoms with van der Waals surface area (Å²) in [6.45, 7) is 0. The van der Waals surface area contributed by atoms with Crippen LogP contribution in [0.4, 0.5) is 13.2 Å². The van der Waals surface area contributed by atoms with Crippen LogP contribution in [0.25, 0.3) is 0 Å². The summed E-state index contributed by atoms with van der Waals surface area (Å²) < 4.78 is 62.2. The van der Waals surface area contributed by atoms with Gasteiger partial charge in [0.25, 0.3) is 0 Å². The summed E-state index contributed by atoms with van der Waals surface area (Å²) in [6.07, 6.45) is 0. The first-order chi connectivity index (χ1) is 11.4. The Balaban J connectivity index is 0.000000333. The minimum absolute atomic E-state index is 0.899. The topological polar surface area (TPSA) is 57.2 Å². The molecule has 1 atom stereocenters. The molecular formula is C16H19As2F3O3S. The summed E-state index contributed by atoms with van der Waals surface area (Å²) in [5.41, 5.74) is 2.00. The third kappa shape index (κ3) is 6.48. The van der Waals surface area contributed by atoms with E-state index in [-0.39, 0.29) is 0 Å². The van der Waals surface area contributed by atoms with E-state index in [0.29, 0.717) is 0 Å². The average Bonchev–Trinajstić information content (AvgIpc) is 2.54. The molecule has 0 bridgehead atoms. The fraction of sp³-hybridized carbons (Fsp3) is 0.250. The van der Waals surface area contributed by atoms with Crippen LogP contribution in [0.3, 0.4) is 0 Å². The molecule has 0 N–H and O–H groups in total. The Labute approximate surface area is 152 Å². The third-order valence-corrected chi connectivity index (χ3v) is 34.1. The fourth-order valence-electron chi connectivity index (χ4n) is 1.90. The number of rotatable bonds is 3. The molecule has 2 rings (SSSR count). The molecule has 0 aliphatic rings. The van der Waals surface area contributed by atoms with E-state index in [0.717, 1.165) is 0 Å². The Morgan fingerprint density at radius 1 is 0.920 bits per heavy atom. The predicted molar refractivity (Wildman–Crippen MR) is 97.0 cm³/mol. The second-order valence-electron chi connectivity index (χ2n) is 5.49. The third-order valence-electron chi connectivity index (χ3n) is 3.55. The SMILES string of the molecule is C[As](c1ccccc1)[As+](C)(C)c1ccccc1.O=S(=O)([O-])C(F)(F)F. The molecule has 0 aromatic heterocycles. The molecule has 0 amide bonds. The first-order valence-corrected chi connectivity index (χ1v) is 21.2.